The summed E-state index contributed by atoms with van der Waals surface area (Å²) in [4.78, 5) is 23.4. The van der Waals surface area contributed by atoms with Gasteiger partial charge in [0.15, 0.2) is 0 Å². The summed E-state index contributed by atoms with van der Waals surface area (Å²) >= 11 is 0. The fourth-order valence-electron chi connectivity index (χ4n) is 1.86. The van der Waals surface area contributed by atoms with Gasteiger partial charge in [-0.05, 0) is 36.2 Å². The van der Waals surface area contributed by atoms with Gasteiger partial charge in [-0.3, -0.25) is 9.59 Å². The number of aliphatic hydroxyl groups is 1. The molecule has 1 unspecified atom stereocenters. The lowest BCUT2D eigenvalue weighted by Gasteiger charge is -2.10. The molecule has 1 aromatic carbocycles. The zero-order valence-electron chi connectivity index (χ0n) is 12.2. The van der Waals surface area contributed by atoms with Crippen molar-refractivity contribution in [2.45, 2.75) is 19.4 Å². The van der Waals surface area contributed by atoms with E-state index in [-0.39, 0.29) is 6.54 Å². The fraction of sp³-hybridized carbons (Fsp3) is 0.250. The van der Waals surface area contributed by atoms with E-state index >= 15 is 0 Å². The second-order valence-corrected chi connectivity index (χ2v) is 4.75. The summed E-state index contributed by atoms with van der Waals surface area (Å²) in [6, 6.07) is 10.5. The predicted octanol–water partition coefficient (Wildman–Crippen LogP) is 1.63. The Hall–Kier alpha value is -2.60. The number of hydrogen-bond donors (Lipinski definition) is 3. The van der Waals surface area contributed by atoms with Gasteiger partial charge >= 0.3 is 11.8 Å². The topological polar surface area (TPSA) is 91.6 Å². The van der Waals surface area contributed by atoms with Crippen LogP contribution in [0.5, 0.6) is 0 Å². The molecular formula is C16H18N2O4. The second-order valence-electron chi connectivity index (χ2n) is 4.75. The van der Waals surface area contributed by atoms with Crippen LogP contribution in [0.4, 0.5) is 5.69 Å². The van der Waals surface area contributed by atoms with Crippen molar-refractivity contribution in [2.75, 3.05) is 11.9 Å². The molecule has 1 aromatic heterocycles. The second kappa shape index (κ2) is 7.42. The quantitative estimate of drug-likeness (QED) is 0.732. The van der Waals surface area contributed by atoms with Gasteiger partial charge < -0.3 is 20.2 Å². The van der Waals surface area contributed by atoms with E-state index in [0.717, 1.165) is 12.0 Å². The lowest BCUT2D eigenvalue weighted by molar-refractivity contribution is -0.136. The van der Waals surface area contributed by atoms with Crippen LogP contribution in [0.15, 0.2) is 47.1 Å². The van der Waals surface area contributed by atoms with E-state index in [1.807, 2.05) is 19.1 Å². The van der Waals surface area contributed by atoms with Crippen LogP contribution in [0, 0.1) is 0 Å². The molecule has 2 amide bonds. The van der Waals surface area contributed by atoms with Gasteiger partial charge in [-0.25, -0.2) is 0 Å². The van der Waals surface area contributed by atoms with Crippen LogP contribution in [-0.4, -0.2) is 23.5 Å². The van der Waals surface area contributed by atoms with Gasteiger partial charge in [-0.15, -0.1) is 0 Å². The summed E-state index contributed by atoms with van der Waals surface area (Å²) in [6.45, 7) is 1.93. The third kappa shape index (κ3) is 4.20. The Morgan fingerprint density at radius 3 is 2.50 bits per heavy atom. The number of nitrogens with one attached hydrogen (secondary N) is 2. The number of carbonyl (C=O) groups excluding carboxylic acids is 2. The highest BCUT2D eigenvalue weighted by atomic mass is 16.4. The minimum absolute atomic E-state index is 0.103. The van der Waals surface area contributed by atoms with Crippen LogP contribution < -0.4 is 10.6 Å². The smallest absolute Gasteiger partial charge is 0.313 e. The maximum atomic E-state index is 11.7. The Kier molecular flexibility index (Phi) is 5.32. The van der Waals surface area contributed by atoms with E-state index in [9.17, 15) is 14.7 Å². The van der Waals surface area contributed by atoms with Crippen molar-refractivity contribution in [2.24, 2.45) is 0 Å². The molecule has 2 rings (SSSR count). The van der Waals surface area contributed by atoms with E-state index in [4.69, 9.17) is 4.42 Å². The van der Waals surface area contributed by atoms with Crippen molar-refractivity contribution in [1.29, 1.82) is 0 Å². The Labute approximate surface area is 128 Å². The summed E-state index contributed by atoms with van der Waals surface area (Å²) in [5.41, 5.74) is 1.69. The SMILES string of the molecule is CCc1ccc(NC(=O)C(=O)NCC(O)c2ccco2)cc1. The van der Waals surface area contributed by atoms with Crippen molar-refractivity contribution in [3.8, 4) is 0 Å². The summed E-state index contributed by atoms with van der Waals surface area (Å²) in [5.74, 6) is -1.27. The molecule has 6 nitrogen and oxygen atoms in total. The third-order valence-corrected chi connectivity index (χ3v) is 3.15. The summed E-state index contributed by atoms with van der Waals surface area (Å²) in [5, 5.41) is 14.6. The number of hydrogen-bond acceptors (Lipinski definition) is 4. The van der Waals surface area contributed by atoms with Crippen LogP contribution in [0.1, 0.15) is 24.4 Å². The summed E-state index contributed by atoms with van der Waals surface area (Å²) < 4.78 is 5.00. The van der Waals surface area contributed by atoms with Gasteiger partial charge in [0.1, 0.15) is 11.9 Å². The molecule has 0 fully saturated rings. The van der Waals surface area contributed by atoms with Gasteiger partial charge in [0.2, 0.25) is 0 Å². The molecule has 0 aliphatic rings. The third-order valence-electron chi connectivity index (χ3n) is 3.15. The minimum atomic E-state index is -0.990. The molecule has 0 radical (unpaired) electrons. The van der Waals surface area contributed by atoms with Crippen LogP contribution in [0.25, 0.3) is 0 Å². The van der Waals surface area contributed by atoms with Gasteiger partial charge in [-0.1, -0.05) is 19.1 Å². The number of amides is 2. The van der Waals surface area contributed by atoms with Gasteiger partial charge in [0, 0.05) is 5.69 Å². The average molecular weight is 302 g/mol. The molecule has 1 heterocycles. The number of benzene rings is 1. The Morgan fingerprint density at radius 2 is 1.91 bits per heavy atom. The normalized spacial score (nSPS) is 11.7. The first-order valence-electron chi connectivity index (χ1n) is 6.99. The van der Waals surface area contributed by atoms with Crippen molar-refractivity contribution in [1.82, 2.24) is 5.32 Å². The molecule has 6 heteroatoms. The van der Waals surface area contributed by atoms with Gasteiger partial charge in [-0.2, -0.15) is 0 Å². The number of anilines is 1. The lowest BCUT2D eigenvalue weighted by atomic mass is 10.1. The number of rotatable bonds is 5. The first-order valence-corrected chi connectivity index (χ1v) is 6.99. The molecule has 0 spiro atoms. The zero-order valence-corrected chi connectivity index (χ0v) is 12.2. The zero-order chi connectivity index (χ0) is 15.9. The average Bonchev–Trinajstić information content (AvgIpc) is 3.07. The summed E-state index contributed by atoms with van der Waals surface area (Å²) in [6.07, 6.45) is 1.34. The minimum Gasteiger partial charge on any atom is -0.467 e. The maximum Gasteiger partial charge on any atom is 0.313 e. The van der Waals surface area contributed by atoms with Crippen molar-refractivity contribution >= 4 is 17.5 Å². The monoisotopic (exact) mass is 302 g/mol. The standard InChI is InChI=1S/C16H18N2O4/c1-2-11-5-7-12(8-6-11)18-16(21)15(20)17-10-13(19)14-4-3-9-22-14/h3-9,13,19H,2,10H2,1H3,(H,17,20)(H,18,21). The van der Waals surface area contributed by atoms with E-state index < -0.39 is 17.9 Å². The van der Waals surface area contributed by atoms with Crippen LogP contribution in [0.2, 0.25) is 0 Å². The van der Waals surface area contributed by atoms with Crippen molar-refractivity contribution in [3.63, 3.8) is 0 Å². The largest absolute Gasteiger partial charge is 0.467 e. The maximum absolute atomic E-state index is 11.7. The van der Waals surface area contributed by atoms with E-state index in [1.165, 1.54) is 6.26 Å². The molecule has 1 atom stereocenters. The number of carbonyl (C=O) groups is 2. The molecule has 0 aliphatic carbocycles. The number of furan rings is 1. The highest BCUT2D eigenvalue weighted by molar-refractivity contribution is 6.39. The van der Waals surface area contributed by atoms with Gasteiger partial charge in [0.25, 0.3) is 0 Å². The number of aliphatic hydroxyl groups excluding tert-OH is 1. The van der Waals surface area contributed by atoms with E-state index in [2.05, 4.69) is 10.6 Å². The first kappa shape index (κ1) is 15.8. The van der Waals surface area contributed by atoms with Crippen molar-refractivity contribution < 1.29 is 19.1 Å². The molecular weight excluding hydrogens is 284 g/mol. The molecule has 3 N–H and O–H groups in total. The predicted molar refractivity (Wildman–Crippen MR) is 81.1 cm³/mol. The van der Waals surface area contributed by atoms with Gasteiger partial charge in [0.05, 0.1) is 12.8 Å². The Bertz CT molecular complexity index is 620. The van der Waals surface area contributed by atoms with Crippen LogP contribution >= 0.6 is 0 Å². The Balaban J connectivity index is 1.82. The molecule has 0 bridgehead atoms. The van der Waals surface area contributed by atoms with Crippen molar-refractivity contribution in [3.05, 3.63) is 54.0 Å². The Morgan fingerprint density at radius 1 is 1.18 bits per heavy atom. The van der Waals surface area contributed by atoms with E-state index in [1.54, 1.807) is 24.3 Å². The molecule has 0 saturated carbocycles. The molecule has 2 aromatic rings. The van der Waals surface area contributed by atoms with E-state index in [0.29, 0.717) is 11.4 Å². The van der Waals surface area contributed by atoms with Crippen LogP contribution in [-0.2, 0) is 16.0 Å². The number of aryl methyl sites for hydroxylation is 1. The lowest BCUT2D eigenvalue weighted by Crippen LogP contribution is -2.37. The highest BCUT2D eigenvalue weighted by Crippen LogP contribution is 2.12. The molecule has 116 valence electrons. The molecule has 0 aliphatic heterocycles. The highest BCUT2D eigenvalue weighted by Gasteiger charge is 2.17. The first-order chi connectivity index (χ1) is 10.6. The summed E-state index contributed by atoms with van der Waals surface area (Å²) in [7, 11) is 0. The molecule has 0 saturated heterocycles. The van der Waals surface area contributed by atoms with Crippen LogP contribution in [0.3, 0.4) is 0 Å². The molecule has 22 heavy (non-hydrogen) atoms. The fourth-order valence-corrected chi connectivity index (χ4v) is 1.86.